The Kier molecular flexibility index (Phi) is 4.53. The predicted molar refractivity (Wildman–Crippen MR) is 80.8 cm³/mol. The van der Waals surface area contributed by atoms with Gasteiger partial charge in [-0.1, -0.05) is 0 Å². The van der Waals surface area contributed by atoms with Crippen LogP contribution in [0, 0.1) is 0 Å². The number of hydrogen-bond donors (Lipinski definition) is 1. The van der Waals surface area contributed by atoms with Crippen LogP contribution < -0.4 is 4.72 Å². The van der Waals surface area contributed by atoms with Crippen molar-refractivity contribution in [2.45, 2.75) is 26.1 Å². The van der Waals surface area contributed by atoms with E-state index in [1.165, 1.54) is 0 Å². The third kappa shape index (κ3) is 4.44. The molecule has 1 aromatic carbocycles. The normalized spacial score (nSPS) is 22.9. The molecule has 1 saturated heterocycles. The summed E-state index contributed by atoms with van der Waals surface area (Å²) in [6.45, 7) is 5.00. The van der Waals surface area contributed by atoms with Gasteiger partial charge in [-0.15, -0.1) is 0 Å². The second-order valence-electron chi connectivity index (χ2n) is 5.42. The molecule has 1 heterocycles. The first kappa shape index (κ1) is 15.8. The third-order valence-electron chi connectivity index (χ3n) is 3.14. The highest BCUT2D eigenvalue weighted by Crippen LogP contribution is 2.16. The van der Waals surface area contributed by atoms with Gasteiger partial charge in [0.15, 0.2) is 0 Å². The molecule has 0 unspecified atom stereocenters. The molecule has 1 aliphatic rings. The average Bonchev–Trinajstić information content (AvgIpc) is 2.35. The Morgan fingerprint density at radius 1 is 1.19 bits per heavy atom. The van der Waals surface area contributed by atoms with Gasteiger partial charge in [0.05, 0.1) is 18.5 Å². The maximum atomic E-state index is 12.4. The fourth-order valence-electron chi connectivity index (χ4n) is 2.42. The fourth-order valence-corrected chi connectivity index (χ4v) is 2.99. The summed E-state index contributed by atoms with van der Waals surface area (Å²) in [7, 11) is -3.31. The van der Waals surface area contributed by atoms with Gasteiger partial charge in [-0.05, 0) is 38.1 Å². The minimum Gasteiger partial charge on any atom is -0.372 e. The highest BCUT2D eigenvalue weighted by atomic mass is 32.2. The summed E-state index contributed by atoms with van der Waals surface area (Å²) in [6.07, 6.45) is 1.12. The molecule has 1 N–H and O–H groups in total. The summed E-state index contributed by atoms with van der Waals surface area (Å²) >= 11 is 0. The Hall–Kier alpha value is -1.60. The molecule has 0 aromatic heterocycles. The van der Waals surface area contributed by atoms with Gasteiger partial charge in [0.2, 0.25) is 10.0 Å². The lowest BCUT2D eigenvalue weighted by Crippen LogP contribution is -2.48. The SMILES string of the molecule is C[C@@H]1CN(C(=O)c2ccc(NS(C)(=O)=O)cc2)C[C@@H](C)O1. The van der Waals surface area contributed by atoms with Gasteiger partial charge in [0, 0.05) is 24.3 Å². The zero-order valence-electron chi connectivity index (χ0n) is 12.4. The van der Waals surface area contributed by atoms with Crippen LogP contribution in [0.15, 0.2) is 24.3 Å². The van der Waals surface area contributed by atoms with Gasteiger partial charge >= 0.3 is 0 Å². The molecule has 0 spiro atoms. The van der Waals surface area contributed by atoms with E-state index >= 15 is 0 Å². The zero-order valence-corrected chi connectivity index (χ0v) is 13.2. The second kappa shape index (κ2) is 6.03. The van der Waals surface area contributed by atoms with E-state index in [0.29, 0.717) is 24.3 Å². The lowest BCUT2D eigenvalue weighted by atomic mass is 10.1. The number of amides is 1. The molecule has 21 heavy (non-hydrogen) atoms. The standard InChI is InChI=1S/C14H20N2O4S/c1-10-8-16(9-11(2)20-10)14(17)12-4-6-13(7-5-12)15-21(3,18)19/h4-7,10-11,15H,8-9H2,1-3H3/t10-,11-/m1/s1. The Morgan fingerprint density at radius 3 is 2.19 bits per heavy atom. The number of carbonyl (C=O) groups excluding carboxylic acids is 1. The first-order chi connectivity index (χ1) is 9.74. The van der Waals surface area contributed by atoms with E-state index in [9.17, 15) is 13.2 Å². The number of morpholine rings is 1. The minimum atomic E-state index is -3.31. The zero-order chi connectivity index (χ0) is 15.6. The Balaban J connectivity index is 2.09. The van der Waals surface area contributed by atoms with Crippen molar-refractivity contribution in [3.8, 4) is 0 Å². The van der Waals surface area contributed by atoms with Crippen molar-refractivity contribution in [2.24, 2.45) is 0 Å². The van der Waals surface area contributed by atoms with E-state index in [0.717, 1.165) is 6.26 Å². The lowest BCUT2D eigenvalue weighted by molar-refractivity contribution is -0.0586. The van der Waals surface area contributed by atoms with Crippen molar-refractivity contribution >= 4 is 21.6 Å². The van der Waals surface area contributed by atoms with E-state index < -0.39 is 10.0 Å². The van der Waals surface area contributed by atoms with E-state index in [4.69, 9.17) is 4.74 Å². The molecule has 0 radical (unpaired) electrons. The quantitative estimate of drug-likeness (QED) is 0.913. The molecule has 2 atom stereocenters. The van der Waals surface area contributed by atoms with Crippen LogP contribution in [-0.4, -0.2) is 50.8 Å². The van der Waals surface area contributed by atoms with Crippen molar-refractivity contribution < 1.29 is 17.9 Å². The van der Waals surface area contributed by atoms with Crippen LogP contribution in [0.2, 0.25) is 0 Å². The van der Waals surface area contributed by atoms with Gasteiger partial charge in [-0.25, -0.2) is 8.42 Å². The van der Waals surface area contributed by atoms with Crippen LogP contribution in [0.25, 0.3) is 0 Å². The van der Waals surface area contributed by atoms with Crippen molar-refractivity contribution in [3.05, 3.63) is 29.8 Å². The molecule has 2 rings (SSSR count). The number of ether oxygens (including phenoxy) is 1. The molecule has 7 heteroatoms. The highest BCUT2D eigenvalue weighted by molar-refractivity contribution is 7.92. The van der Waals surface area contributed by atoms with Crippen LogP contribution >= 0.6 is 0 Å². The molecule has 0 bridgehead atoms. The number of hydrogen-bond acceptors (Lipinski definition) is 4. The topological polar surface area (TPSA) is 75.7 Å². The number of nitrogens with zero attached hydrogens (tertiary/aromatic N) is 1. The maximum Gasteiger partial charge on any atom is 0.254 e. The summed E-state index contributed by atoms with van der Waals surface area (Å²) in [5.41, 5.74) is 0.980. The van der Waals surface area contributed by atoms with E-state index in [1.807, 2.05) is 13.8 Å². The Morgan fingerprint density at radius 2 is 1.71 bits per heavy atom. The summed E-state index contributed by atoms with van der Waals surface area (Å²) < 4.78 is 30.3. The number of carbonyl (C=O) groups is 1. The van der Waals surface area contributed by atoms with Gasteiger partial charge in [-0.2, -0.15) is 0 Å². The largest absolute Gasteiger partial charge is 0.372 e. The second-order valence-corrected chi connectivity index (χ2v) is 7.17. The summed E-state index contributed by atoms with van der Waals surface area (Å²) in [4.78, 5) is 14.2. The first-order valence-corrected chi connectivity index (χ1v) is 8.66. The molecule has 1 aromatic rings. The molecular formula is C14H20N2O4S. The fraction of sp³-hybridized carbons (Fsp3) is 0.500. The van der Waals surface area contributed by atoms with Crippen molar-refractivity contribution in [1.82, 2.24) is 4.90 Å². The van der Waals surface area contributed by atoms with Crippen molar-refractivity contribution in [3.63, 3.8) is 0 Å². The van der Waals surface area contributed by atoms with Crippen LogP contribution in [0.4, 0.5) is 5.69 Å². The smallest absolute Gasteiger partial charge is 0.254 e. The first-order valence-electron chi connectivity index (χ1n) is 6.77. The molecule has 0 aliphatic carbocycles. The third-order valence-corrected chi connectivity index (χ3v) is 3.75. The number of nitrogens with one attached hydrogen (secondary N) is 1. The Bertz CT molecular complexity index is 602. The maximum absolute atomic E-state index is 12.4. The minimum absolute atomic E-state index is 0.0175. The highest BCUT2D eigenvalue weighted by Gasteiger charge is 2.26. The van der Waals surface area contributed by atoms with Gasteiger partial charge < -0.3 is 9.64 Å². The van der Waals surface area contributed by atoms with Crippen molar-refractivity contribution in [1.29, 1.82) is 0 Å². The van der Waals surface area contributed by atoms with Crippen LogP contribution in [-0.2, 0) is 14.8 Å². The van der Waals surface area contributed by atoms with Gasteiger partial charge in [0.1, 0.15) is 0 Å². The van der Waals surface area contributed by atoms with E-state index in [-0.39, 0.29) is 18.1 Å². The number of benzene rings is 1. The van der Waals surface area contributed by atoms with Crippen LogP contribution in [0.1, 0.15) is 24.2 Å². The average molecular weight is 312 g/mol. The molecule has 6 nitrogen and oxygen atoms in total. The molecule has 1 amide bonds. The molecule has 1 fully saturated rings. The number of sulfonamides is 1. The van der Waals surface area contributed by atoms with Gasteiger partial charge in [0.25, 0.3) is 5.91 Å². The lowest BCUT2D eigenvalue weighted by Gasteiger charge is -2.35. The number of anilines is 1. The summed E-state index contributed by atoms with van der Waals surface area (Å²) in [5.74, 6) is -0.0668. The van der Waals surface area contributed by atoms with Crippen LogP contribution in [0.3, 0.4) is 0 Å². The van der Waals surface area contributed by atoms with Crippen LogP contribution in [0.5, 0.6) is 0 Å². The molecule has 0 saturated carbocycles. The summed E-state index contributed by atoms with van der Waals surface area (Å²) in [6, 6.07) is 6.42. The molecular weight excluding hydrogens is 292 g/mol. The van der Waals surface area contributed by atoms with Crippen molar-refractivity contribution in [2.75, 3.05) is 24.1 Å². The van der Waals surface area contributed by atoms with E-state index in [2.05, 4.69) is 4.72 Å². The predicted octanol–water partition coefficient (Wildman–Crippen LogP) is 1.31. The monoisotopic (exact) mass is 312 g/mol. The molecule has 1 aliphatic heterocycles. The summed E-state index contributed by atoms with van der Waals surface area (Å²) in [5, 5.41) is 0. The van der Waals surface area contributed by atoms with Gasteiger partial charge in [-0.3, -0.25) is 9.52 Å². The molecule has 116 valence electrons. The number of rotatable bonds is 3. The Labute approximate surface area is 125 Å². The van der Waals surface area contributed by atoms with E-state index in [1.54, 1.807) is 29.2 Å².